The molecule has 0 aliphatic carbocycles. The highest BCUT2D eigenvalue weighted by Gasteiger charge is 2.17. The number of anilines is 1. The van der Waals surface area contributed by atoms with Crippen molar-refractivity contribution in [3.8, 4) is 0 Å². The first-order chi connectivity index (χ1) is 7.47. The van der Waals surface area contributed by atoms with Crippen LogP contribution in [0.2, 0.25) is 0 Å². The molecule has 3 nitrogen and oxygen atoms in total. The molecule has 0 bridgehead atoms. The average molecular weight is 218 g/mol. The van der Waals surface area contributed by atoms with E-state index >= 15 is 0 Å². The van der Waals surface area contributed by atoms with Crippen molar-refractivity contribution in [3.05, 3.63) is 29.3 Å². The topological polar surface area (TPSA) is 41.1 Å². The molecule has 3 heteroatoms. The van der Waals surface area contributed by atoms with Crippen molar-refractivity contribution in [2.75, 3.05) is 11.9 Å². The monoisotopic (exact) mass is 218 g/mol. The molecule has 2 rings (SSSR count). The van der Waals surface area contributed by atoms with Crippen molar-refractivity contribution in [2.45, 2.75) is 32.6 Å². The Morgan fingerprint density at radius 3 is 2.69 bits per heavy atom. The Hall–Kier alpha value is -1.51. The summed E-state index contributed by atoms with van der Waals surface area (Å²) in [4.78, 5) is 11.4. The molecule has 0 fully saturated rings. The molecule has 0 unspecified atom stereocenters. The number of nitrogens with one attached hydrogen (secondary N) is 2. The summed E-state index contributed by atoms with van der Waals surface area (Å²) in [7, 11) is 0. The lowest BCUT2D eigenvalue weighted by Gasteiger charge is -2.20. The third-order valence-corrected chi connectivity index (χ3v) is 2.90. The largest absolute Gasteiger partial charge is 0.338 e. The Morgan fingerprint density at radius 2 is 2.00 bits per heavy atom. The van der Waals surface area contributed by atoms with Gasteiger partial charge in [-0.05, 0) is 29.0 Å². The SMILES string of the molecule is CC(C)(C)c1ccc2c(c1)NC(=O)NCC2. The zero-order chi connectivity index (χ0) is 11.8. The third-order valence-electron chi connectivity index (χ3n) is 2.90. The smallest absolute Gasteiger partial charge is 0.319 e. The van der Waals surface area contributed by atoms with E-state index in [0.29, 0.717) is 6.54 Å². The van der Waals surface area contributed by atoms with Gasteiger partial charge in [-0.2, -0.15) is 0 Å². The summed E-state index contributed by atoms with van der Waals surface area (Å²) < 4.78 is 0. The van der Waals surface area contributed by atoms with Crippen LogP contribution in [0, 0.1) is 0 Å². The van der Waals surface area contributed by atoms with Gasteiger partial charge >= 0.3 is 6.03 Å². The Morgan fingerprint density at radius 1 is 1.25 bits per heavy atom. The summed E-state index contributed by atoms with van der Waals surface area (Å²) in [5, 5.41) is 5.68. The van der Waals surface area contributed by atoms with Gasteiger partial charge in [0.15, 0.2) is 0 Å². The zero-order valence-electron chi connectivity index (χ0n) is 10.1. The number of hydrogen-bond donors (Lipinski definition) is 2. The molecule has 16 heavy (non-hydrogen) atoms. The Balaban J connectivity index is 2.40. The lowest BCUT2D eigenvalue weighted by molar-refractivity contribution is 0.252. The van der Waals surface area contributed by atoms with Gasteiger partial charge in [0.25, 0.3) is 0 Å². The fraction of sp³-hybridized carbons (Fsp3) is 0.462. The predicted octanol–water partition coefficient (Wildman–Crippen LogP) is 2.66. The molecule has 2 N–H and O–H groups in total. The van der Waals surface area contributed by atoms with Gasteiger partial charge in [0.05, 0.1) is 0 Å². The first-order valence-electron chi connectivity index (χ1n) is 5.65. The van der Waals surface area contributed by atoms with E-state index in [2.05, 4.69) is 49.6 Å². The van der Waals surface area contributed by atoms with Gasteiger partial charge in [-0.3, -0.25) is 0 Å². The maximum atomic E-state index is 11.4. The number of amides is 2. The molecule has 0 saturated carbocycles. The van der Waals surface area contributed by atoms with E-state index in [9.17, 15) is 4.79 Å². The van der Waals surface area contributed by atoms with Crippen LogP contribution in [-0.4, -0.2) is 12.6 Å². The van der Waals surface area contributed by atoms with Gasteiger partial charge in [0.1, 0.15) is 0 Å². The van der Waals surface area contributed by atoms with Crippen LogP contribution in [0.25, 0.3) is 0 Å². The summed E-state index contributed by atoms with van der Waals surface area (Å²) in [6.45, 7) is 7.22. The molecule has 2 amide bonds. The standard InChI is InChI=1S/C13H18N2O/c1-13(2,3)10-5-4-9-6-7-14-12(16)15-11(9)8-10/h4-5,8H,6-7H2,1-3H3,(H2,14,15,16). The minimum Gasteiger partial charge on any atom is -0.338 e. The van der Waals surface area contributed by atoms with Crippen molar-refractivity contribution in [1.82, 2.24) is 5.32 Å². The summed E-state index contributed by atoms with van der Waals surface area (Å²) in [6, 6.07) is 6.24. The van der Waals surface area contributed by atoms with E-state index in [4.69, 9.17) is 0 Å². The predicted molar refractivity (Wildman–Crippen MR) is 65.9 cm³/mol. The van der Waals surface area contributed by atoms with Crippen LogP contribution in [0.15, 0.2) is 18.2 Å². The molecule has 1 aliphatic heterocycles. The van der Waals surface area contributed by atoms with Gasteiger partial charge < -0.3 is 10.6 Å². The van der Waals surface area contributed by atoms with Crippen molar-refractivity contribution in [2.24, 2.45) is 0 Å². The fourth-order valence-electron chi connectivity index (χ4n) is 1.85. The number of fused-ring (bicyclic) bond motifs is 1. The third kappa shape index (κ3) is 2.18. The number of carbonyl (C=O) groups is 1. The molecule has 1 aliphatic rings. The number of benzene rings is 1. The van der Waals surface area contributed by atoms with Crippen LogP contribution in [0.5, 0.6) is 0 Å². The van der Waals surface area contributed by atoms with Crippen LogP contribution in [0.3, 0.4) is 0 Å². The van der Waals surface area contributed by atoms with Crippen LogP contribution in [0.1, 0.15) is 31.9 Å². The quantitative estimate of drug-likeness (QED) is 0.690. The normalized spacial score (nSPS) is 15.8. The van der Waals surface area contributed by atoms with Crippen molar-refractivity contribution < 1.29 is 4.79 Å². The summed E-state index contributed by atoms with van der Waals surface area (Å²) >= 11 is 0. The van der Waals surface area contributed by atoms with Gasteiger partial charge in [0, 0.05) is 12.2 Å². The molecular formula is C13H18N2O. The highest BCUT2D eigenvalue weighted by molar-refractivity contribution is 5.91. The Labute approximate surface area is 96.2 Å². The highest BCUT2D eigenvalue weighted by atomic mass is 16.2. The van der Waals surface area contributed by atoms with Crippen molar-refractivity contribution in [1.29, 1.82) is 0 Å². The van der Waals surface area contributed by atoms with E-state index in [-0.39, 0.29) is 11.4 Å². The van der Waals surface area contributed by atoms with Crippen LogP contribution >= 0.6 is 0 Å². The van der Waals surface area contributed by atoms with Crippen molar-refractivity contribution >= 4 is 11.7 Å². The van der Waals surface area contributed by atoms with Gasteiger partial charge in [-0.15, -0.1) is 0 Å². The summed E-state index contributed by atoms with van der Waals surface area (Å²) in [5.74, 6) is 0. The van der Waals surface area contributed by atoms with Crippen LogP contribution < -0.4 is 10.6 Å². The second-order valence-corrected chi connectivity index (χ2v) is 5.25. The molecule has 1 aromatic rings. The number of rotatable bonds is 0. The first-order valence-corrected chi connectivity index (χ1v) is 5.65. The van der Waals surface area contributed by atoms with E-state index in [0.717, 1.165) is 12.1 Å². The number of urea groups is 1. The zero-order valence-corrected chi connectivity index (χ0v) is 10.1. The minimum absolute atomic E-state index is 0.107. The summed E-state index contributed by atoms with van der Waals surface area (Å²) in [5.41, 5.74) is 3.50. The Bertz CT molecular complexity index is 418. The van der Waals surface area contributed by atoms with Crippen LogP contribution in [-0.2, 0) is 11.8 Å². The molecule has 0 aromatic heterocycles. The molecule has 86 valence electrons. The van der Waals surface area contributed by atoms with E-state index < -0.39 is 0 Å². The van der Waals surface area contributed by atoms with Crippen LogP contribution in [0.4, 0.5) is 10.5 Å². The van der Waals surface area contributed by atoms with Gasteiger partial charge in [-0.1, -0.05) is 32.9 Å². The lowest BCUT2D eigenvalue weighted by Crippen LogP contribution is -2.27. The highest BCUT2D eigenvalue weighted by Crippen LogP contribution is 2.28. The van der Waals surface area contributed by atoms with Crippen molar-refractivity contribution in [3.63, 3.8) is 0 Å². The molecular weight excluding hydrogens is 200 g/mol. The lowest BCUT2D eigenvalue weighted by atomic mass is 9.86. The molecule has 1 aromatic carbocycles. The Kier molecular flexibility index (Phi) is 2.62. The number of carbonyl (C=O) groups excluding carboxylic acids is 1. The molecule has 0 radical (unpaired) electrons. The average Bonchev–Trinajstić information content (AvgIpc) is 2.35. The van der Waals surface area contributed by atoms with Gasteiger partial charge in [0.2, 0.25) is 0 Å². The maximum Gasteiger partial charge on any atom is 0.319 e. The summed E-state index contributed by atoms with van der Waals surface area (Å²) in [6.07, 6.45) is 0.887. The van der Waals surface area contributed by atoms with Gasteiger partial charge in [-0.25, -0.2) is 4.79 Å². The molecule has 1 heterocycles. The fourth-order valence-corrected chi connectivity index (χ4v) is 1.85. The van der Waals surface area contributed by atoms with E-state index in [1.54, 1.807) is 0 Å². The minimum atomic E-state index is -0.107. The van der Waals surface area contributed by atoms with E-state index in [1.165, 1.54) is 11.1 Å². The molecule has 0 atom stereocenters. The second-order valence-electron chi connectivity index (χ2n) is 5.25. The molecule has 0 spiro atoms. The first kappa shape index (κ1) is 11.0. The second kappa shape index (κ2) is 3.81. The van der Waals surface area contributed by atoms with E-state index in [1.807, 2.05) is 0 Å². The maximum absolute atomic E-state index is 11.4. The molecule has 0 saturated heterocycles. The number of hydrogen-bond acceptors (Lipinski definition) is 1.